The molecule has 1 aliphatic heterocycles. The fourth-order valence-corrected chi connectivity index (χ4v) is 0.786. The highest BCUT2D eigenvalue weighted by molar-refractivity contribution is 6.39. The maximum Gasteiger partial charge on any atom is 0.412 e. The Bertz CT molecular complexity index is 320. The summed E-state index contributed by atoms with van der Waals surface area (Å²) in [6, 6.07) is -8.58. The Labute approximate surface area is 71.4 Å². The van der Waals surface area contributed by atoms with Crippen molar-refractivity contribution in [2.24, 2.45) is 4.99 Å². The van der Waals surface area contributed by atoms with E-state index >= 15 is 0 Å². The average molecular weight is 223 g/mol. The zero-order chi connectivity index (χ0) is 11.4. The Morgan fingerprint density at radius 1 is 1.07 bits per heavy atom. The minimum absolute atomic E-state index is 1.38. The van der Waals surface area contributed by atoms with Crippen molar-refractivity contribution in [1.29, 1.82) is 0 Å². The Morgan fingerprint density at radius 2 is 1.50 bits per heavy atom. The number of carbonyl (C=O) groups excluding carboxylic acids is 1. The number of hydrogen-bond acceptors (Lipinski definition) is 2. The van der Waals surface area contributed by atoms with E-state index in [0.717, 1.165) is 0 Å². The van der Waals surface area contributed by atoms with Gasteiger partial charge in [0.05, 0.1) is 0 Å². The van der Waals surface area contributed by atoms with Crippen molar-refractivity contribution in [2.75, 3.05) is 0 Å². The first kappa shape index (κ1) is 10.9. The minimum Gasteiger partial charge on any atom is -0.254 e. The van der Waals surface area contributed by atoms with Crippen LogP contribution in [0, 0.1) is 0 Å². The minimum atomic E-state index is -5.89. The molecule has 0 unspecified atom stereocenters. The highest BCUT2D eigenvalue weighted by Gasteiger charge is 2.80. The van der Waals surface area contributed by atoms with Gasteiger partial charge in [0.2, 0.25) is 0 Å². The Balaban J connectivity index is 3.33. The van der Waals surface area contributed by atoms with Crippen molar-refractivity contribution < 1.29 is 35.5 Å². The quantitative estimate of drug-likeness (QED) is 0.378. The molecule has 1 heterocycles. The molecular weight excluding hydrogens is 223 g/mol. The van der Waals surface area contributed by atoms with E-state index in [9.17, 15) is 35.5 Å². The lowest BCUT2D eigenvalue weighted by Crippen LogP contribution is -2.51. The summed E-state index contributed by atoms with van der Waals surface area (Å²) in [4.78, 5) is 11.1. The molecule has 0 aromatic rings. The van der Waals surface area contributed by atoms with Gasteiger partial charge in [0.25, 0.3) is 0 Å². The molecule has 0 saturated carbocycles. The molecule has 0 radical (unpaired) electrons. The van der Waals surface area contributed by atoms with E-state index in [0.29, 0.717) is 0 Å². The van der Waals surface area contributed by atoms with Crippen LogP contribution in [-0.2, 0) is 4.79 Å². The summed E-state index contributed by atoms with van der Waals surface area (Å²) < 4.78 is 84.8. The summed E-state index contributed by atoms with van der Waals surface area (Å²) in [7, 11) is 0. The largest absolute Gasteiger partial charge is 0.412 e. The lowest BCUT2D eigenvalue weighted by atomic mass is 10.1. The molecule has 80 valence electrons. The molecule has 0 N–H and O–H groups in total. The van der Waals surface area contributed by atoms with E-state index < -0.39 is 29.6 Å². The number of nitrogens with zero attached hydrogens (tertiary/aromatic N) is 1. The van der Waals surface area contributed by atoms with Gasteiger partial charge < -0.3 is 0 Å². The van der Waals surface area contributed by atoms with E-state index in [1.807, 2.05) is 0 Å². The third-order valence-corrected chi connectivity index (χ3v) is 1.51. The van der Waals surface area contributed by atoms with Crippen LogP contribution in [0.2, 0.25) is 0 Å². The van der Waals surface area contributed by atoms with Crippen LogP contribution in [0.4, 0.5) is 30.7 Å². The van der Waals surface area contributed by atoms with Gasteiger partial charge in [-0.1, -0.05) is 0 Å². The van der Waals surface area contributed by atoms with Crippen LogP contribution in [0.1, 0.15) is 0 Å². The van der Waals surface area contributed by atoms with E-state index in [1.165, 1.54) is 4.99 Å². The second-order valence-electron chi connectivity index (χ2n) is 2.42. The molecule has 0 amide bonds. The van der Waals surface area contributed by atoms with Gasteiger partial charge in [-0.05, 0) is 0 Å². The molecule has 0 aromatic heterocycles. The highest BCUT2D eigenvalue weighted by atomic mass is 19.3. The summed E-state index contributed by atoms with van der Waals surface area (Å²) in [5, 5.41) is 0. The van der Waals surface area contributed by atoms with Crippen LogP contribution in [0.25, 0.3) is 0 Å². The number of hydrogen-bond donors (Lipinski definition) is 0. The van der Waals surface area contributed by atoms with Gasteiger partial charge in [0, 0.05) is 0 Å². The molecule has 14 heavy (non-hydrogen) atoms. The molecular formula is C5F7NO. The SMILES string of the molecule is O=C(F)C1=NC(F)(F)C(F)(F)C1(F)F. The summed E-state index contributed by atoms with van der Waals surface area (Å²) >= 11 is 0. The van der Waals surface area contributed by atoms with Gasteiger partial charge in [0.15, 0.2) is 5.71 Å². The van der Waals surface area contributed by atoms with Gasteiger partial charge >= 0.3 is 23.9 Å². The fourth-order valence-electron chi connectivity index (χ4n) is 0.786. The molecule has 0 bridgehead atoms. The zero-order valence-corrected chi connectivity index (χ0v) is 6.00. The standard InChI is InChI=1S/C5F7NO/c6-2(14)1-3(7,8)4(9,10)5(11,12)13-1. The average Bonchev–Trinajstić information content (AvgIpc) is 2.08. The normalized spacial score (nSPS) is 27.2. The fraction of sp³-hybridized carbons (Fsp3) is 0.600. The van der Waals surface area contributed by atoms with Crippen LogP contribution in [-0.4, -0.2) is 29.6 Å². The van der Waals surface area contributed by atoms with Crippen LogP contribution in [0.3, 0.4) is 0 Å². The van der Waals surface area contributed by atoms with E-state index in [1.54, 1.807) is 0 Å². The smallest absolute Gasteiger partial charge is 0.254 e. The molecule has 0 saturated heterocycles. The third-order valence-electron chi connectivity index (χ3n) is 1.51. The topological polar surface area (TPSA) is 29.4 Å². The van der Waals surface area contributed by atoms with Crippen molar-refractivity contribution in [2.45, 2.75) is 17.9 Å². The van der Waals surface area contributed by atoms with Crippen LogP contribution in [0.15, 0.2) is 4.99 Å². The molecule has 0 fully saturated rings. The van der Waals surface area contributed by atoms with Crippen LogP contribution in [0.5, 0.6) is 0 Å². The lowest BCUT2D eigenvalue weighted by molar-refractivity contribution is -0.266. The van der Waals surface area contributed by atoms with E-state index in [4.69, 9.17) is 0 Å². The predicted octanol–water partition coefficient (Wildman–Crippen LogP) is 1.80. The van der Waals surface area contributed by atoms with Gasteiger partial charge in [-0.15, -0.1) is 0 Å². The molecule has 0 spiro atoms. The number of rotatable bonds is 1. The van der Waals surface area contributed by atoms with Crippen LogP contribution >= 0.6 is 0 Å². The molecule has 1 rings (SSSR count). The van der Waals surface area contributed by atoms with Gasteiger partial charge in [0.1, 0.15) is 0 Å². The zero-order valence-electron chi connectivity index (χ0n) is 6.00. The number of carbonyl (C=O) groups is 1. The molecule has 0 aromatic carbocycles. The van der Waals surface area contributed by atoms with Gasteiger partial charge in [-0.25, -0.2) is 4.99 Å². The first-order valence-electron chi connectivity index (χ1n) is 2.97. The van der Waals surface area contributed by atoms with Crippen molar-refractivity contribution in [3.63, 3.8) is 0 Å². The third kappa shape index (κ3) is 1.04. The van der Waals surface area contributed by atoms with Crippen molar-refractivity contribution >= 4 is 11.7 Å². The Hall–Kier alpha value is -1.15. The van der Waals surface area contributed by atoms with Gasteiger partial charge in [-0.2, -0.15) is 30.7 Å². The number of alkyl halides is 6. The Kier molecular flexibility index (Phi) is 1.91. The maximum absolute atomic E-state index is 12.3. The molecule has 0 atom stereocenters. The van der Waals surface area contributed by atoms with Crippen molar-refractivity contribution in [3.8, 4) is 0 Å². The second-order valence-corrected chi connectivity index (χ2v) is 2.42. The van der Waals surface area contributed by atoms with Crippen molar-refractivity contribution in [3.05, 3.63) is 0 Å². The number of aliphatic imine (C=N–C) groups is 1. The summed E-state index contributed by atoms with van der Waals surface area (Å²) in [5.74, 6) is -11.5. The number of halogens is 7. The summed E-state index contributed by atoms with van der Waals surface area (Å²) in [6.45, 7) is 0. The first-order valence-corrected chi connectivity index (χ1v) is 2.97. The molecule has 9 heteroatoms. The molecule has 1 aliphatic rings. The Morgan fingerprint density at radius 3 is 1.64 bits per heavy atom. The first-order chi connectivity index (χ1) is 6.04. The summed E-state index contributed by atoms with van der Waals surface area (Å²) in [6.07, 6.45) is 0. The second kappa shape index (κ2) is 2.45. The van der Waals surface area contributed by atoms with Crippen LogP contribution < -0.4 is 0 Å². The van der Waals surface area contributed by atoms with E-state index in [2.05, 4.69) is 0 Å². The van der Waals surface area contributed by atoms with Gasteiger partial charge in [-0.3, -0.25) is 4.79 Å². The summed E-state index contributed by atoms with van der Waals surface area (Å²) in [5.41, 5.74) is -2.76. The highest BCUT2D eigenvalue weighted by Crippen LogP contribution is 2.52. The maximum atomic E-state index is 12.3. The predicted molar refractivity (Wildman–Crippen MR) is 28.4 cm³/mol. The van der Waals surface area contributed by atoms with E-state index in [-0.39, 0.29) is 0 Å². The van der Waals surface area contributed by atoms with Crippen molar-refractivity contribution in [1.82, 2.24) is 0 Å². The monoisotopic (exact) mass is 223 g/mol. The molecule has 2 nitrogen and oxygen atoms in total. The molecule has 0 aliphatic carbocycles. The lowest BCUT2D eigenvalue weighted by Gasteiger charge is -2.21.